The molecule has 1 heteroatoms. The smallest absolute Gasteiger partial charge is 0.167 e. The maximum Gasteiger partial charge on any atom is 0.167 e. The first kappa shape index (κ1) is 18.4. The second kappa shape index (κ2) is 7.34. The molecule has 0 bridgehead atoms. The van der Waals surface area contributed by atoms with Crippen LogP contribution in [0.1, 0.15) is 83.3 Å². The summed E-state index contributed by atoms with van der Waals surface area (Å²) >= 11 is 0. The molecule has 1 nitrogen and oxygen atoms in total. The van der Waals surface area contributed by atoms with Gasteiger partial charge in [-0.15, -0.1) is 0 Å². The highest BCUT2D eigenvalue weighted by atomic mass is 16.1. The minimum absolute atomic E-state index is 0.217. The van der Waals surface area contributed by atoms with Crippen LogP contribution in [0, 0.1) is 20.8 Å². The van der Waals surface area contributed by atoms with E-state index in [-0.39, 0.29) is 5.78 Å². The molecule has 0 unspecified atom stereocenters. The summed E-state index contributed by atoms with van der Waals surface area (Å²) in [5.41, 5.74) is 8.21. The summed E-state index contributed by atoms with van der Waals surface area (Å²) in [5, 5.41) is 0. The lowest BCUT2D eigenvalue weighted by Crippen LogP contribution is -2.09. The number of carbonyl (C=O) groups excluding carboxylic acids is 1. The molecule has 0 fully saturated rings. The first-order chi connectivity index (χ1) is 11.2. The summed E-state index contributed by atoms with van der Waals surface area (Å²) in [5.74, 6) is 1.07. The third-order valence-corrected chi connectivity index (χ3v) is 4.81. The first-order valence-electron chi connectivity index (χ1n) is 8.93. The minimum atomic E-state index is 0.217. The van der Waals surface area contributed by atoms with Gasteiger partial charge in [0.1, 0.15) is 0 Å². The fraction of sp³-hybridized carbons (Fsp3) is 0.435. The molecule has 2 aromatic rings. The Balaban J connectivity index is 2.40. The van der Waals surface area contributed by atoms with E-state index in [1.54, 1.807) is 0 Å². The molecule has 2 aromatic carbocycles. The third kappa shape index (κ3) is 4.14. The summed E-state index contributed by atoms with van der Waals surface area (Å²) in [4.78, 5) is 13.0. The highest BCUT2D eigenvalue weighted by molar-refractivity contribution is 5.98. The van der Waals surface area contributed by atoms with Crippen LogP contribution in [-0.2, 0) is 6.42 Å². The third-order valence-electron chi connectivity index (χ3n) is 4.81. The summed E-state index contributed by atoms with van der Waals surface area (Å²) in [6.07, 6.45) is 0.483. The molecule has 0 aliphatic rings. The van der Waals surface area contributed by atoms with Gasteiger partial charge < -0.3 is 0 Å². The highest BCUT2D eigenvalue weighted by Gasteiger charge is 2.15. The van der Waals surface area contributed by atoms with Crippen molar-refractivity contribution >= 4 is 5.78 Å². The number of aryl methyl sites for hydroxylation is 3. The van der Waals surface area contributed by atoms with E-state index in [1.165, 1.54) is 33.4 Å². The Morgan fingerprint density at radius 1 is 0.792 bits per heavy atom. The molecular weight excluding hydrogens is 292 g/mol. The second-order valence-corrected chi connectivity index (χ2v) is 7.67. The summed E-state index contributed by atoms with van der Waals surface area (Å²) in [6, 6.07) is 10.7. The predicted molar refractivity (Wildman–Crippen MR) is 103 cm³/mol. The van der Waals surface area contributed by atoms with Gasteiger partial charge in [0.05, 0.1) is 0 Å². The molecule has 0 spiro atoms. The molecule has 0 aliphatic carbocycles. The molecule has 0 amide bonds. The highest BCUT2D eigenvalue weighted by Crippen LogP contribution is 2.25. The molecule has 0 atom stereocenters. The summed E-state index contributed by atoms with van der Waals surface area (Å²) in [6.45, 7) is 15.0. The van der Waals surface area contributed by atoms with Crippen LogP contribution in [0.25, 0.3) is 0 Å². The number of Topliss-reactive ketones (excluding diaryl/α,β-unsaturated/α-hetero) is 1. The van der Waals surface area contributed by atoms with Crippen LogP contribution in [0.15, 0.2) is 30.3 Å². The normalized spacial score (nSPS) is 11.4. The van der Waals surface area contributed by atoms with E-state index in [0.29, 0.717) is 18.3 Å². The standard InChI is InChI=1S/C23H30O/c1-14(2)19-10-20(15(3)4)12-21(11-19)23(24)13-22-17(6)8-16(5)9-18(22)7/h8-12,14-15H,13H2,1-7H3. The van der Waals surface area contributed by atoms with Gasteiger partial charge in [0.25, 0.3) is 0 Å². The SMILES string of the molecule is Cc1cc(C)c(CC(=O)c2cc(C(C)C)cc(C(C)C)c2)c(C)c1. The van der Waals surface area contributed by atoms with Gasteiger partial charge in [0.15, 0.2) is 5.78 Å². The van der Waals surface area contributed by atoms with Crippen LogP contribution < -0.4 is 0 Å². The Bertz CT molecular complexity index is 701. The van der Waals surface area contributed by atoms with Crippen LogP contribution in [0.4, 0.5) is 0 Å². The molecule has 0 saturated carbocycles. The Morgan fingerprint density at radius 2 is 1.25 bits per heavy atom. The Morgan fingerprint density at radius 3 is 1.67 bits per heavy atom. The monoisotopic (exact) mass is 322 g/mol. The lowest BCUT2D eigenvalue weighted by Gasteiger charge is -2.15. The minimum Gasteiger partial charge on any atom is -0.294 e. The van der Waals surface area contributed by atoms with Gasteiger partial charge in [-0.1, -0.05) is 51.5 Å². The van der Waals surface area contributed by atoms with E-state index in [1.807, 2.05) is 0 Å². The van der Waals surface area contributed by atoms with Crippen molar-refractivity contribution in [1.29, 1.82) is 0 Å². The van der Waals surface area contributed by atoms with Crippen molar-refractivity contribution < 1.29 is 4.79 Å². The molecule has 0 heterocycles. The Labute approximate surface area is 147 Å². The van der Waals surface area contributed by atoms with Gasteiger partial charge in [-0.3, -0.25) is 4.79 Å². The maximum atomic E-state index is 13.0. The molecule has 128 valence electrons. The summed E-state index contributed by atoms with van der Waals surface area (Å²) < 4.78 is 0. The lowest BCUT2D eigenvalue weighted by atomic mass is 9.89. The molecule has 0 saturated heterocycles. The average molecular weight is 322 g/mol. The van der Waals surface area contributed by atoms with Gasteiger partial charge in [-0.05, 0) is 72.6 Å². The van der Waals surface area contributed by atoms with Gasteiger partial charge >= 0.3 is 0 Å². The van der Waals surface area contributed by atoms with Crippen molar-refractivity contribution in [2.75, 3.05) is 0 Å². The van der Waals surface area contributed by atoms with Gasteiger partial charge in [0.2, 0.25) is 0 Å². The zero-order chi connectivity index (χ0) is 18.0. The van der Waals surface area contributed by atoms with E-state index in [0.717, 1.165) is 5.56 Å². The van der Waals surface area contributed by atoms with E-state index in [9.17, 15) is 4.79 Å². The second-order valence-electron chi connectivity index (χ2n) is 7.67. The number of rotatable bonds is 5. The van der Waals surface area contributed by atoms with Crippen molar-refractivity contribution in [2.24, 2.45) is 0 Å². The molecule has 0 aromatic heterocycles. The van der Waals surface area contributed by atoms with Gasteiger partial charge in [-0.25, -0.2) is 0 Å². The van der Waals surface area contributed by atoms with Crippen molar-refractivity contribution in [1.82, 2.24) is 0 Å². The van der Waals surface area contributed by atoms with E-state index < -0.39 is 0 Å². The fourth-order valence-electron chi connectivity index (χ4n) is 3.26. The number of carbonyl (C=O) groups is 1. The van der Waals surface area contributed by atoms with Gasteiger partial charge in [0, 0.05) is 12.0 Å². The fourth-order valence-corrected chi connectivity index (χ4v) is 3.26. The number of hydrogen-bond acceptors (Lipinski definition) is 1. The van der Waals surface area contributed by atoms with Crippen molar-refractivity contribution in [3.05, 3.63) is 69.3 Å². The molecule has 2 rings (SSSR count). The van der Waals surface area contributed by atoms with E-state index >= 15 is 0 Å². The zero-order valence-corrected chi connectivity index (χ0v) is 16.2. The largest absolute Gasteiger partial charge is 0.294 e. The predicted octanol–water partition coefficient (Wildman–Crippen LogP) is 6.28. The van der Waals surface area contributed by atoms with E-state index in [4.69, 9.17) is 0 Å². The number of hydrogen-bond donors (Lipinski definition) is 0. The first-order valence-corrected chi connectivity index (χ1v) is 8.93. The molecule has 0 radical (unpaired) electrons. The van der Waals surface area contributed by atoms with E-state index in [2.05, 4.69) is 78.8 Å². The van der Waals surface area contributed by atoms with Crippen molar-refractivity contribution in [2.45, 2.75) is 66.7 Å². The number of benzene rings is 2. The molecule has 0 N–H and O–H groups in total. The quantitative estimate of drug-likeness (QED) is 0.592. The Kier molecular flexibility index (Phi) is 5.64. The zero-order valence-electron chi connectivity index (χ0n) is 16.2. The van der Waals surface area contributed by atoms with Crippen LogP contribution in [-0.4, -0.2) is 5.78 Å². The van der Waals surface area contributed by atoms with Crippen molar-refractivity contribution in [3.63, 3.8) is 0 Å². The Hall–Kier alpha value is -1.89. The summed E-state index contributed by atoms with van der Waals surface area (Å²) in [7, 11) is 0. The van der Waals surface area contributed by atoms with Crippen LogP contribution in [0.3, 0.4) is 0 Å². The molecule has 24 heavy (non-hydrogen) atoms. The molecular formula is C23H30O. The van der Waals surface area contributed by atoms with Gasteiger partial charge in [-0.2, -0.15) is 0 Å². The van der Waals surface area contributed by atoms with Crippen LogP contribution in [0.5, 0.6) is 0 Å². The lowest BCUT2D eigenvalue weighted by molar-refractivity contribution is 0.0992. The van der Waals surface area contributed by atoms with Crippen LogP contribution >= 0.6 is 0 Å². The molecule has 0 aliphatic heterocycles. The maximum absolute atomic E-state index is 13.0. The number of ketones is 1. The van der Waals surface area contributed by atoms with Crippen LogP contribution in [0.2, 0.25) is 0 Å². The topological polar surface area (TPSA) is 17.1 Å². The van der Waals surface area contributed by atoms with Crippen molar-refractivity contribution in [3.8, 4) is 0 Å². The average Bonchev–Trinajstić information content (AvgIpc) is 2.49.